The zero-order valence-corrected chi connectivity index (χ0v) is 87.7. The molecule has 150 heavy (non-hydrogen) atoms. The second-order valence-corrected chi connectivity index (χ2v) is 54.5. The maximum Gasteiger partial charge on any atom is 0.159 e. The highest BCUT2D eigenvalue weighted by atomic mass is 16.3. The van der Waals surface area contributed by atoms with Crippen LogP contribution in [0, 0.1) is 107 Å². The van der Waals surface area contributed by atoms with Gasteiger partial charge in [-0.2, -0.15) is 0 Å². The molecule has 0 aliphatic heterocycles. The highest BCUT2D eigenvalue weighted by molar-refractivity contribution is 6.13. The quantitative estimate of drug-likeness (QED) is 0.0910. The number of para-hydroxylation sites is 6. The molecule has 0 unspecified atom stereocenters. The normalized spacial score (nSPS) is 33.5. The van der Waals surface area contributed by atoms with Crippen LogP contribution < -0.4 is 14.7 Å². The van der Waals surface area contributed by atoms with Crippen molar-refractivity contribution in [2.75, 3.05) is 14.7 Å². The van der Waals surface area contributed by atoms with Crippen LogP contribution >= 0.6 is 0 Å². The van der Waals surface area contributed by atoms with Crippen molar-refractivity contribution in [3.8, 4) is 11.4 Å². The van der Waals surface area contributed by atoms with E-state index in [1.54, 1.807) is 33.4 Å². The molecule has 24 aliphatic rings. The molecule has 0 saturated heterocycles. The van der Waals surface area contributed by atoms with Crippen molar-refractivity contribution in [1.29, 1.82) is 0 Å². The molecule has 6 heteroatoms. The molecule has 24 bridgehead atoms. The summed E-state index contributed by atoms with van der Waals surface area (Å²) in [4.78, 5) is 7.55. The SMILES string of the molecule is c1ccc(-n2c3ccccc3c3cc(N(c4ccc(C56CC7CC(CC(C7)C5)C6)cc4)c4ccc(C56CC7CC(CC(C7)C5)C6)cc4)ccc32)cc1.c1ccc(-n2c3ccccc3c3ccc(N(c4ccc(C56CC7CC(CC(C7)C5)C6)cc4)c4ccc(C56CC7CC(CC(C7)C5)C6)cc4)cc32)cc1.c1ccc2c(c1)oc1c(N(c3ccc(C45CC6CC(CC(C6)C4)C5)cc3)c3ccc(C45CC6CC(CC(C6)C4)C5)cc3)cccc12. The van der Waals surface area contributed by atoms with Gasteiger partial charge in [0.1, 0.15) is 5.58 Å². The molecule has 41 rings (SSSR count). The van der Waals surface area contributed by atoms with E-state index in [4.69, 9.17) is 4.42 Å². The van der Waals surface area contributed by atoms with Gasteiger partial charge in [0.05, 0.1) is 27.8 Å². The lowest BCUT2D eigenvalue weighted by molar-refractivity contribution is -0.00531. The van der Waals surface area contributed by atoms with Gasteiger partial charge in [-0.25, -0.2) is 0 Å². The number of benzene rings is 14. The molecule has 17 aromatic rings. The van der Waals surface area contributed by atoms with Crippen LogP contribution in [0.4, 0.5) is 51.2 Å². The van der Waals surface area contributed by atoms with Crippen molar-refractivity contribution < 1.29 is 4.42 Å². The fourth-order valence-corrected chi connectivity index (χ4v) is 41.7. The highest BCUT2D eigenvalue weighted by Gasteiger charge is 2.59. The van der Waals surface area contributed by atoms with E-state index >= 15 is 0 Å². The number of furan rings is 1. The van der Waals surface area contributed by atoms with Gasteiger partial charge in [0.25, 0.3) is 0 Å². The van der Waals surface area contributed by atoms with Gasteiger partial charge in [0.2, 0.25) is 0 Å². The van der Waals surface area contributed by atoms with Crippen molar-refractivity contribution in [3.63, 3.8) is 0 Å². The zero-order valence-electron chi connectivity index (χ0n) is 87.7. The molecular weight excluding hydrogens is 1820 g/mol. The smallest absolute Gasteiger partial charge is 0.159 e. The summed E-state index contributed by atoms with van der Waals surface area (Å²) in [6, 6.07) is 129. The van der Waals surface area contributed by atoms with E-state index in [-0.39, 0.29) is 0 Å². The molecule has 0 amide bonds. The summed E-state index contributed by atoms with van der Waals surface area (Å²) in [5, 5.41) is 7.59. The summed E-state index contributed by atoms with van der Waals surface area (Å²) in [6.45, 7) is 0. The van der Waals surface area contributed by atoms with Gasteiger partial charge in [0, 0.05) is 89.2 Å². The maximum atomic E-state index is 6.64. The molecule has 0 radical (unpaired) electrons. The Hall–Kier alpha value is -12.1. The number of fused-ring (bicyclic) bond motifs is 9. The van der Waals surface area contributed by atoms with E-state index < -0.39 is 0 Å². The number of anilines is 9. The fourth-order valence-electron chi connectivity index (χ4n) is 41.7. The van der Waals surface area contributed by atoms with E-state index in [2.05, 4.69) is 357 Å². The third-order valence-corrected chi connectivity index (χ3v) is 45.1. The molecule has 24 fully saturated rings. The summed E-state index contributed by atoms with van der Waals surface area (Å²) in [5.41, 5.74) is 32.5. The molecule has 6 nitrogen and oxygen atoms in total. The summed E-state index contributed by atoms with van der Waals surface area (Å²) in [5.74, 6) is 17.2. The number of nitrogens with zero attached hydrogens (tertiary/aromatic N) is 5. The van der Waals surface area contributed by atoms with Crippen molar-refractivity contribution in [2.24, 2.45) is 107 Å². The van der Waals surface area contributed by atoms with Gasteiger partial charge >= 0.3 is 0 Å². The average molecular weight is 1960 g/mol. The summed E-state index contributed by atoms with van der Waals surface area (Å²) >= 11 is 0. The van der Waals surface area contributed by atoms with Gasteiger partial charge in [-0.05, 0) is 555 Å². The van der Waals surface area contributed by atoms with Crippen molar-refractivity contribution >= 4 is 117 Å². The van der Waals surface area contributed by atoms with Crippen LogP contribution in [0.2, 0.25) is 0 Å². The molecule has 0 N–H and O–H groups in total. The molecule has 14 aromatic carbocycles. The van der Waals surface area contributed by atoms with Crippen LogP contribution in [0.15, 0.2) is 338 Å². The molecule has 24 aliphatic carbocycles. The fraction of sp³-hybridized carbons (Fsp3) is 0.417. The zero-order chi connectivity index (χ0) is 98.1. The van der Waals surface area contributed by atoms with E-state index in [1.807, 2.05) is 0 Å². The van der Waals surface area contributed by atoms with Crippen LogP contribution in [0.3, 0.4) is 0 Å². The Bertz CT molecular complexity index is 7610. The van der Waals surface area contributed by atoms with E-state index in [1.165, 1.54) is 342 Å². The van der Waals surface area contributed by atoms with Crippen LogP contribution in [0.5, 0.6) is 0 Å². The van der Waals surface area contributed by atoms with Crippen molar-refractivity contribution in [1.82, 2.24) is 9.13 Å². The Morgan fingerprint density at radius 2 is 0.407 bits per heavy atom. The maximum absolute atomic E-state index is 6.64. The Kier molecular flexibility index (Phi) is 20.4. The lowest BCUT2D eigenvalue weighted by atomic mass is 9.48. The second-order valence-electron chi connectivity index (χ2n) is 54.5. The lowest BCUT2D eigenvalue weighted by Crippen LogP contribution is -2.48. The van der Waals surface area contributed by atoms with Crippen molar-refractivity contribution in [3.05, 3.63) is 367 Å². The van der Waals surface area contributed by atoms with Gasteiger partial charge in [-0.15, -0.1) is 0 Å². The largest absolute Gasteiger partial charge is 0.454 e. The number of aromatic nitrogens is 2. The second kappa shape index (κ2) is 34.2. The summed E-state index contributed by atoms with van der Waals surface area (Å²) in [7, 11) is 0. The minimum absolute atomic E-state index is 0.410. The molecule has 0 spiro atoms. The minimum atomic E-state index is 0.410. The molecule has 0 atom stereocenters. The average Bonchev–Trinajstić information content (AvgIpc) is 1.55. The lowest BCUT2D eigenvalue weighted by Gasteiger charge is -2.57. The topological polar surface area (TPSA) is 32.7 Å². The van der Waals surface area contributed by atoms with Crippen LogP contribution in [0.1, 0.15) is 265 Å². The third kappa shape index (κ3) is 14.6. The van der Waals surface area contributed by atoms with Crippen molar-refractivity contribution in [2.45, 2.75) is 264 Å². The predicted octanol–water partition coefficient (Wildman–Crippen LogP) is 38.4. The first-order chi connectivity index (χ1) is 73.8. The Balaban J connectivity index is 0.0000000976. The molecule has 752 valence electrons. The van der Waals surface area contributed by atoms with Gasteiger partial charge < -0.3 is 28.3 Å². The minimum Gasteiger partial charge on any atom is -0.454 e. The van der Waals surface area contributed by atoms with E-state index in [9.17, 15) is 0 Å². The monoisotopic (exact) mass is 1960 g/mol. The molecular formula is C144H145N5O. The standard InChI is InChI=1S/2C50H50N2.C44H45NO/c1-2-6-41(7-3-1)52-47-9-5-4-8-45(47)46-26-44(18-19-48(46)52)51(42-14-10-39(11-15-42)49-27-33-20-34(28-49)22-35(21-33)29-49)43-16-12-40(13-17-43)50-30-36-23-37(31-50)25-38(24-36)32-50;1-2-6-41(7-3-1)52-47-9-5-4-8-45(47)46-19-18-44(26-48(46)52)51(42-14-10-39(11-15-42)49-27-33-20-34(28-49)22-35(21-33)29-49)43-16-12-40(13-17-43)50-30-36-23-37(31-50)25-38(24-36)32-50;1-2-7-41-38(4-1)39-5-3-6-40(42(39)46-41)45(36-12-8-34(9-13-36)43-22-28-16-29(23-43)18-30(17-28)24-43)37-14-10-35(11-15-37)44-25-31-19-32(26-44)21-33(20-31)27-44/h2*1-19,26,33-38H,20-25,27-32H2;1-15,28-33H,16-27H2. The van der Waals surface area contributed by atoms with Crippen LogP contribution in [-0.4, -0.2) is 9.13 Å². The van der Waals surface area contributed by atoms with E-state index in [0.29, 0.717) is 32.5 Å². The van der Waals surface area contributed by atoms with Crippen LogP contribution in [0.25, 0.3) is 76.9 Å². The first-order valence-corrected chi connectivity index (χ1v) is 59.9. The highest BCUT2D eigenvalue weighted by Crippen LogP contribution is 2.69. The first-order valence-electron chi connectivity index (χ1n) is 59.9. The number of rotatable bonds is 17. The summed E-state index contributed by atoms with van der Waals surface area (Å²) < 4.78 is 11.5. The molecule has 3 heterocycles. The number of hydrogen-bond acceptors (Lipinski definition) is 4. The Labute approximate surface area is 887 Å². The Morgan fingerprint density at radius 1 is 0.173 bits per heavy atom. The summed E-state index contributed by atoms with van der Waals surface area (Å²) in [6.07, 6.45) is 52.3. The molecule has 24 saturated carbocycles. The predicted molar refractivity (Wildman–Crippen MR) is 618 cm³/mol. The molecule has 3 aromatic heterocycles. The Morgan fingerprint density at radius 3 is 0.727 bits per heavy atom. The first kappa shape index (κ1) is 89.5. The van der Waals surface area contributed by atoms with Gasteiger partial charge in [-0.3, -0.25) is 0 Å². The van der Waals surface area contributed by atoms with E-state index in [0.717, 1.165) is 123 Å². The van der Waals surface area contributed by atoms with Gasteiger partial charge in [0.15, 0.2) is 5.58 Å². The number of hydrogen-bond donors (Lipinski definition) is 0. The third-order valence-electron chi connectivity index (χ3n) is 45.1. The van der Waals surface area contributed by atoms with Gasteiger partial charge in [-0.1, -0.05) is 182 Å². The van der Waals surface area contributed by atoms with Crippen LogP contribution in [-0.2, 0) is 32.5 Å².